The van der Waals surface area contributed by atoms with E-state index in [0.717, 1.165) is 11.6 Å². The molecule has 5 heteroatoms. The molecule has 1 amide bonds. The molecular weight excluding hydrogens is 321 g/mol. The highest BCUT2D eigenvalue weighted by Crippen LogP contribution is 2.11. The molecule has 2 rings (SSSR count). The molecule has 0 aliphatic rings. The summed E-state index contributed by atoms with van der Waals surface area (Å²) in [5, 5.41) is 2.65. The van der Waals surface area contributed by atoms with Crippen LogP contribution < -0.4 is 5.32 Å². The molecule has 0 aliphatic carbocycles. The van der Waals surface area contributed by atoms with Crippen LogP contribution in [-0.4, -0.2) is 17.9 Å². The summed E-state index contributed by atoms with van der Waals surface area (Å²) in [5.41, 5.74) is 1.04. The van der Waals surface area contributed by atoms with Crippen molar-refractivity contribution in [2.24, 2.45) is 5.92 Å². The van der Waals surface area contributed by atoms with Gasteiger partial charge in [-0.25, -0.2) is 9.18 Å². The van der Waals surface area contributed by atoms with E-state index in [2.05, 4.69) is 5.32 Å². The maximum Gasteiger partial charge on any atom is 0.328 e. The van der Waals surface area contributed by atoms with Crippen molar-refractivity contribution in [1.82, 2.24) is 5.32 Å². The van der Waals surface area contributed by atoms with Crippen molar-refractivity contribution in [1.29, 1.82) is 0 Å². The normalized spacial score (nSPS) is 11.8. The van der Waals surface area contributed by atoms with Crippen LogP contribution in [-0.2, 0) is 16.1 Å². The van der Waals surface area contributed by atoms with Gasteiger partial charge in [0.25, 0.3) is 5.91 Å². The minimum Gasteiger partial charge on any atom is -0.459 e. The summed E-state index contributed by atoms with van der Waals surface area (Å²) in [7, 11) is 0. The van der Waals surface area contributed by atoms with Crippen LogP contribution in [0.15, 0.2) is 54.6 Å². The number of carbonyl (C=O) groups excluding carboxylic acids is 2. The Morgan fingerprint density at radius 2 is 1.80 bits per heavy atom. The first kappa shape index (κ1) is 18.6. The lowest BCUT2D eigenvalue weighted by molar-refractivity contribution is -0.147. The third-order valence-electron chi connectivity index (χ3n) is 3.61. The number of ether oxygens (including phenoxy) is 1. The van der Waals surface area contributed by atoms with Crippen molar-refractivity contribution in [3.63, 3.8) is 0 Å². The monoisotopic (exact) mass is 343 g/mol. The third kappa shape index (κ3) is 6.03. The number of carbonyl (C=O) groups is 2. The molecule has 0 aliphatic heterocycles. The zero-order chi connectivity index (χ0) is 18.2. The molecule has 0 saturated heterocycles. The van der Waals surface area contributed by atoms with Gasteiger partial charge in [0.15, 0.2) is 0 Å². The highest BCUT2D eigenvalue weighted by molar-refractivity contribution is 5.96. The number of rotatable bonds is 7. The van der Waals surface area contributed by atoms with Crippen LogP contribution in [0.1, 0.15) is 36.2 Å². The van der Waals surface area contributed by atoms with E-state index in [1.54, 1.807) is 0 Å². The van der Waals surface area contributed by atoms with Gasteiger partial charge in [0, 0.05) is 5.56 Å². The van der Waals surface area contributed by atoms with Gasteiger partial charge in [-0.3, -0.25) is 4.79 Å². The molecule has 0 heterocycles. The molecule has 132 valence electrons. The molecule has 0 spiro atoms. The Bertz CT molecular complexity index is 716. The second-order valence-corrected chi connectivity index (χ2v) is 6.26. The maximum absolute atomic E-state index is 13.3. The fourth-order valence-corrected chi connectivity index (χ4v) is 2.39. The molecule has 0 fully saturated rings. The van der Waals surface area contributed by atoms with Gasteiger partial charge in [-0.2, -0.15) is 0 Å². The van der Waals surface area contributed by atoms with Crippen molar-refractivity contribution in [3.05, 3.63) is 71.5 Å². The second kappa shape index (κ2) is 8.97. The molecule has 0 aromatic heterocycles. The van der Waals surface area contributed by atoms with Crippen LogP contribution in [0.25, 0.3) is 0 Å². The first-order valence-corrected chi connectivity index (χ1v) is 8.22. The van der Waals surface area contributed by atoms with Gasteiger partial charge in [-0.15, -0.1) is 0 Å². The van der Waals surface area contributed by atoms with Crippen molar-refractivity contribution in [2.75, 3.05) is 0 Å². The maximum atomic E-state index is 13.3. The fourth-order valence-electron chi connectivity index (χ4n) is 2.39. The van der Waals surface area contributed by atoms with Crippen molar-refractivity contribution < 1.29 is 18.7 Å². The minimum absolute atomic E-state index is 0.143. The molecule has 25 heavy (non-hydrogen) atoms. The summed E-state index contributed by atoms with van der Waals surface area (Å²) in [6, 6.07) is 13.9. The average Bonchev–Trinajstić information content (AvgIpc) is 2.59. The third-order valence-corrected chi connectivity index (χ3v) is 3.61. The van der Waals surface area contributed by atoms with E-state index >= 15 is 0 Å². The molecule has 1 N–H and O–H groups in total. The lowest BCUT2D eigenvalue weighted by Crippen LogP contribution is -2.42. The molecule has 2 aromatic carbocycles. The molecule has 2 aromatic rings. The molecular formula is C20H22FNO3. The van der Waals surface area contributed by atoms with Crippen LogP contribution in [0, 0.1) is 11.7 Å². The van der Waals surface area contributed by atoms with Crippen LogP contribution >= 0.6 is 0 Å². The molecule has 4 nitrogen and oxygen atoms in total. The number of hydrogen-bond donors (Lipinski definition) is 1. The summed E-state index contributed by atoms with van der Waals surface area (Å²) >= 11 is 0. The topological polar surface area (TPSA) is 55.4 Å². The Morgan fingerprint density at radius 1 is 1.08 bits per heavy atom. The molecule has 0 unspecified atom stereocenters. The van der Waals surface area contributed by atoms with Crippen LogP contribution in [0.4, 0.5) is 4.39 Å². The van der Waals surface area contributed by atoms with E-state index in [-0.39, 0.29) is 18.1 Å². The standard InChI is InChI=1S/C20H22FNO3/c1-14(2)11-18(20(24)25-13-15-7-4-3-5-8-15)22-19(23)16-9-6-10-17(21)12-16/h3-10,12,14,18H,11,13H2,1-2H3,(H,22,23)/t18-/m0/s1. The van der Waals surface area contributed by atoms with E-state index in [9.17, 15) is 14.0 Å². The molecule has 0 bridgehead atoms. The Labute approximate surface area is 147 Å². The number of benzene rings is 2. The Morgan fingerprint density at radius 3 is 2.44 bits per heavy atom. The first-order valence-electron chi connectivity index (χ1n) is 8.22. The zero-order valence-electron chi connectivity index (χ0n) is 14.4. The highest BCUT2D eigenvalue weighted by atomic mass is 19.1. The Hall–Kier alpha value is -2.69. The van der Waals surface area contributed by atoms with Gasteiger partial charge in [0.2, 0.25) is 0 Å². The number of halogens is 1. The highest BCUT2D eigenvalue weighted by Gasteiger charge is 2.24. The zero-order valence-corrected chi connectivity index (χ0v) is 14.4. The first-order chi connectivity index (χ1) is 12.0. The lowest BCUT2D eigenvalue weighted by atomic mass is 10.0. The molecule has 0 saturated carbocycles. The summed E-state index contributed by atoms with van der Waals surface area (Å²) in [6.07, 6.45) is 0.439. The number of nitrogens with one attached hydrogen (secondary N) is 1. The number of amides is 1. The number of hydrogen-bond acceptors (Lipinski definition) is 3. The predicted molar refractivity (Wildman–Crippen MR) is 93.3 cm³/mol. The summed E-state index contributed by atoms with van der Waals surface area (Å²) < 4.78 is 18.6. The summed E-state index contributed by atoms with van der Waals surface area (Å²) in [6.45, 7) is 4.04. The predicted octanol–water partition coefficient (Wildman–Crippen LogP) is 3.71. The second-order valence-electron chi connectivity index (χ2n) is 6.26. The molecule has 0 radical (unpaired) electrons. The van der Waals surface area contributed by atoms with Gasteiger partial charge in [-0.05, 0) is 36.1 Å². The van der Waals surface area contributed by atoms with Gasteiger partial charge in [0.05, 0.1) is 0 Å². The quantitative estimate of drug-likeness (QED) is 0.780. The van der Waals surface area contributed by atoms with Gasteiger partial charge < -0.3 is 10.1 Å². The van der Waals surface area contributed by atoms with Crippen LogP contribution in [0.5, 0.6) is 0 Å². The average molecular weight is 343 g/mol. The SMILES string of the molecule is CC(C)C[C@H](NC(=O)c1cccc(F)c1)C(=O)OCc1ccccc1. The van der Waals surface area contributed by atoms with Gasteiger partial charge >= 0.3 is 5.97 Å². The smallest absolute Gasteiger partial charge is 0.328 e. The van der Waals surface area contributed by atoms with E-state index in [0.29, 0.717) is 6.42 Å². The van der Waals surface area contributed by atoms with Gasteiger partial charge in [-0.1, -0.05) is 50.2 Å². The Kier molecular flexibility index (Phi) is 6.69. The lowest BCUT2D eigenvalue weighted by Gasteiger charge is -2.19. The van der Waals surface area contributed by atoms with Crippen LogP contribution in [0.2, 0.25) is 0 Å². The largest absolute Gasteiger partial charge is 0.459 e. The van der Waals surface area contributed by atoms with E-state index < -0.39 is 23.7 Å². The number of esters is 1. The van der Waals surface area contributed by atoms with E-state index in [1.807, 2.05) is 44.2 Å². The Balaban J connectivity index is 2.01. The van der Waals surface area contributed by atoms with Crippen LogP contribution in [0.3, 0.4) is 0 Å². The van der Waals surface area contributed by atoms with E-state index in [4.69, 9.17) is 4.74 Å². The van der Waals surface area contributed by atoms with Crippen molar-refractivity contribution in [3.8, 4) is 0 Å². The minimum atomic E-state index is -0.778. The van der Waals surface area contributed by atoms with Crippen molar-refractivity contribution >= 4 is 11.9 Å². The summed E-state index contributed by atoms with van der Waals surface area (Å²) in [5.74, 6) is -1.31. The summed E-state index contributed by atoms with van der Waals surface area (Å²) in [4.78, 5) is 24.7. The fraction of sp³-hybridized carbons (Fsp3) is 0.300. The van der Waals surface area contributed by atoms with Gasteiger partial charge in [0.1, 0.15) is 18.5 Å². The van der Waals surface area contributed by atoms with E-state index in [1.165, 1.54) is 18.2 Å². The molecule has 1 atom stereocenters. The van der Waals surface area contributed by atoms with Crippen molar-refractivity contribution in [2.45, 2.75) is 32.9 Å².